The van der Waals surface area contributed by atoms with Gasteiger partial charge in [-0.2, -0.15) is 0 Å². The van der Waals surface area contributed by atoms with Gasteiger partial charge in [-0.25, -0.2) is 0 Å². The zero-order chi connectivity index (χ0) is 99.0. The number of para-hydroxylation sites is 1. The Hall–Kier alpha value is -13.5. The maximum Gasteiger partial charge on any atom is 0.322 e. The molecule has 32 N–H and O–H groups in total. The summed E-state index contributed by atoms with van der Waals surface area (Å²) >= 11 is 0. The molecule has 3 rings (SSSR count). The molecule has 1 heterocycles. The number of hydrogen-bond donors (Lipinski definition) is 27. The molecule has 0 aliphatic heterocycles. The van der Waals surface area contributed by atoms with Crippen LogP contribution in [0.3, 0.4) is 0 Å². The maximum atomic E-state index is 15.0. The first-order chi connectivity index (χ1) is 62.3. The van der Waals surface area contributed by atoms with Gasteiger partial charge >= 0.3 is 17.9 Å². The standard InChI is InChI=1S/C85H134N24O23/c1-10-46(6)70(109-82(130)61(38-50-21-12-11-13-22-50)107-79(127)59(30-33-67(115)116)103-78(126)57(26-17-19-35-87)102-72(120)48(8)97-71(119)47(7)98-77(125)58(29-31-63(89)110)101-64(111)41-94-74(122)53(88)28-32-66(113)114)84(132)99-49(9)73(121)105-62(39-51-40-93-54-24-15-14-23-52(51)54)80(128)106-60(37-44(2)3)81(129)108-69(45(4)5)83(131)104-56(25-16-18-34-86)76(124)95-42-65(112)100-55(27-20-36-92-85(90)91)75(123)96-43-68(117)118/h11-15,21-24,40,44-49,53,55-62,69-70,93H,10,16-20,25-39,41-43,86-88H2,1-9H3,(H2,89,110)(H,94,122)(H,95,124)(H,96,123)(H,97,119)(H,98,125)(H,99,132)(H,100,112)(H,101,111)(H,102,120)(H,103,126)(H,104,131)(H,105,121)(H,106,128)(H,107,127)(H,108,129)(H,109,130)(H,113,114)(H,115,116)(H,117,118)(H4,90,91,92)/t46-,47-,48-,49-,53-,55-,56-,57-,58-,59-,60-,61-,62-,69-,70-/m0/s1. The Morgan fingerprint density at radius 3 is 1.33 bits per heavy atom. The SMILES string of the molecule is CC[C@H](C)[C@H](NC(=O)[C@H](Cc1ccccc1)NC(=O)[C@H](CCC(=O)O)NC(=O)[C@H](CCCCN)NC(=O)[C@H](C)NC(=O)[C@H](C)NC(=O)[C@H](CCC(N)=O)NC(=O)CNC(=O)[C@@H](N)CCC(=O)O)C(=O)N[C@@H](C)C(=O)N[C@@H](Cc1c[nH]c2ccccc12)C(=O)N[C@@H](CC(C)C)C(=O)N[C@H](C(=O)N[C@@H](CCCCN)C(=O)NCC(=O)N[C@@H](CCCNC(=N)N)C(=O)NCC(=O)O)C(C)C. The van der Waals surface area contributed by atoms with Gasteiger partial charge in [0.2, 0.25) is 100 Å². The third-order valence-corrected chi connectivity index (χ3v) is 21.0. The number of amides is 17. The number of aromatic nitrogens is 1. The van der Waals surface area contributed by atoms with Crippen LogP contribution in [0.2, 0.25) is 0 Å². The molecule has 0 fully saturated rings. The molecular weight excluding hydrogens is 1730 g/mol. The van der Waals surface area contributed by atoms with Crippen molar-refractivity contribution in [3.8, 4) is 0 Å². The Bertz CT molecular complexity index is 4440. The van der Waals surface area contributed by atoms with Crippen molar-refractivity contribution in [2.45, 2.75) is 262 Å². The van der Waals surface area contributed by atoms with Crippen LogP contribution in [0.15, 0.2) is 60.8 Å². The largest absolute Gasteiger partial charge is 0.481 e. The molecule has 132 heavy (non-hydrogen) atoms. The topological polar surface area (TPSA) is 776 Å². The Morgan fingerprint density at radius 2 is 0.788 bits per heavy atom. The van der Waals surface area contributed by atoms with Gasteiger partial charge in [-0.05, 0) is 146 Å². The lowest BCUT2D eigenvalue weighted by molar-refractivity contribution is -0.139. The number of nitrogens with two attached hydrogens (primary N) is 5. The predicted octanol–water partition coefficient (Wildman–Crippen LogP) is -5.66. The van der Waals surface area contributed by atoms with Crippen molar-refractivity contribution >= 4 is 135 Å². The van der Waals surface area contributed by atoms with Gasteiger partial charge in [0, 0.05) is 55.7 Å². The van der Waals surface area contributed by atoms with Crippen LogP contribution in [0.5, 0.6) is 0 Å². The zero-order valence-electron chi connectivity index (χ0n) is 76.0. The van der Waals surface area contributed by atoms with E-state index in [1.807, 2.05) is 0 Å². The Kier molecular flexibility index (Phi) is 50.3. The number of carboxylic acids is 3. The lowest BCUT2D eigenvalue weighted by atomic mass is 9.96. The third kappa shape index (κ3) is 42.4. The molecule has 0 bridgehead atoms. The van der Waals surface area contributed by atoms with E-state index in [2.05, 4.69) is 95.4 Å². The molecule has 47 heteroatoms. The summed E-state index contributed by atoms with van der Waals surface area (Å²) < 4.78 is 0. The lowest BCUT2D eigenvalue weighted by Gasteiger charge is -2.30. The molecule has 1 aromatic heterocycles. The van der Waals surface area contributed by atoms with E-state index >= 15 is 4.79 Å². The number of aromatic amines is 1. The number of hydrogen-bond acceptors (Lipinski definition) is 24. The summed E-state index contributed by atoms with van der Waals surface area (Å²) in [6.45, 7) is 12.1. The minimum Gasteiger partial charge on any atom is -0.481 e. The highest BCUT2D eigenvalue weighted by Crippen LogP contribution is 2.21. The monoisotopic (exact) mass is 1860 g/mol. The Morgan fingerprint density at radius 1 is 0.386 bits per heavy atom. The predicted molar refractivity (Wildman–Crippen MR) is 480 cm³/mol. The van der Waals surface area contributed by atoms with Crippen molar-refractivity contribution in [3.63, 3.8) is 0 Å². The molecule has 0 saturated heterocycles. The maximum absolute atomic E-state index is 15.0. The van der Waals surface area contributed by atoms with Crippen molar-refractivity contribution in [1.82, 2.24) is 95.4 Å². The highest BCUT2D eigenvalue weighted by atomic mass is 16.4. The smallest absolute Gasteiger partial charge is 0.322 e. The average Bonchev–Trinajstić information content (AvgIpc) is 1.54. The number of aliphatic carboxylic acids is 3. The first-order valence-corrected chi connectivity index (χ1v) is 43.8. The number of nitrogens with one attached hydrogen (secondary N) is 19. The van der Waals surface area contributed by atoms with Gasteiger partial charge in [0.05, 0.1) is 19.1 Å². The summed E-state index contributed by atoms with van der Waals surface area (Å²) in [5.41, 5.74) is 29.6. The average molecular weight is 1860 g/mol. The number of unbranched alkanes of at least 4 members (excludes halogenated alkanes) is 2. The fourth-order valence-electron chi connectivity index (χ4n) is 13.2. The molecule has 0 aliphatic carbocycles. The molecule has 15 atom stereocenters. The van der Waals surface area contributed by atoms with Crippen LogP contribution < -0.4 is 119 Å². The summed E-state index contributed by atoms with van der Waals surface area (Å²) in [6, 6.07) is -5.15. The van der Waals surface area contributed by atoms with E-state index in [-0.39, 0.29) is 102 Å². The molecule has 2 aromatic carbocycles. The van der Waals surface area contributed by atoms with E-state index in [0.717, 1.165) is 0 Å². The van der Waals surface area contributed by atoms with Crippen molar-refractivity contribution < 1.29 is 111 Å². The van der Waals surface area contributed by atoms with Gasteiger partial charge in [0.25, 0.3) is 0 Å². The van der Waals surface area contributed by atoms with Crippen molar-refractivity contribution in [1.29, 1.82) is 5.41 Å². The van der Waals surface area contributed by atoms with Crippen LogP contribution in [-0.4, -0.2) is 268 Å². The zero-order valence-corrected chi connectivity index (χ0v) is 76.0. The Balaban J connectivity index is 1.92. The van der Waals surface area contributed by atoms with Crippen LogP contribution in [-0.2, 0) is 109 Å². The number of rotatable bonds is 63. The quantitative estimate of drug-likeness (QED) is 0.0142. The molecule has 47 nitrogen and oxygen atoms in total. The van der Waals surface area contributed by atoms with Crippen molar-refractivity contribution in [2.75, 3.05) is 39.3 Å². The lowest BCUT2D eigenvalue weighted by Crippen LogP contribution is -2.61. The molecule has 0 unspecified atom stereocenters. The minimum atomic E-state index is -1.75. The van der Waals surface area contributed by atoms with Gasteiger partial charge in [-0.15, -0.1) is 0 Å². The third-order valence-electron chi connectivity index (χ3n) is 21.0. The van der Waals surface area contributed by atoms with E-state index in [4.69, 9.17) is 44.3 Å². The van der Waals surface area contributed by atoms with Crippen molar-refractivity contribution in [3.05, 3.63) is 71.9 Å². The van der Waals surface area contributed by atoms with E-state index in [0.29, 0.717) is 41.3 Å². The van der Waals surface area contributed by atoms with Crippen LogP contribution in [0.1, 0.15) is 176 Å². The second-order valence-electron chi connectivity index (χ2n) is 32.9. The first-order valence-electron chi connectivity index (χ1n) is 43.8. The number of primary amides is 1. The fourth-order valence-corrected chi connectivity index (χ4v) is 13.2. The summed E-state index contributed by atoms with van der Waals surface area (Å²) in [5.74, 6) is -21.7. The second kappa shape index (κ2) is 59.0. The van der Waals surface area contributed by atoms with Crippen molar-refractivity contribution in [2.24, 2.45) is 46.4 Å². The van der Waals surface area contributed by atoms with Gasteiger partial charge in [0.1, 0.15) is 85.1 Å². The minimum absolute atomic E-state index is 0.00388. The number of guanidine groups is 1. The summed E-state index contributed by atoms with van der Waals surface area (Å²) in [5, 5.41) is 78.7. The van der Waals surface area contributed by atoms with Crippen LogP contribution >= 0.6 is 0 Å². The highest BCUT2D eigenvalue weighted by molar-refractivity contribution is 6.01. The molecule has 17 amide bonds. The van der Waals surface area contributed by atoms with E-state index < -0.39 is 260 Å². The Labute approximate surface area is 764 Å². The normalized spacial score (nSPS) is 14.5. The van der Waals surface area contributed by atoms with Gasteiger partial charge in [0.15, 0.2) is 5.96 Å². The van der Waals surface area contributed by atoms with Gasteiger partial charge < -0.3 is 139 Å². The van der Waals surface area contributed by atoms with E-state index in [1.165, 1.54) is 20.8 Å². The highest BCUT2D eigenvalue weighted by Gasteiger charge is 2.39. The van der Waals surface area contributed by atoms with E-state index in [9.17, 15) is 96.2 Å². The van der Waals surface area contributed by atoms with Crippen LogP contribution in [0.4, 0.5) is 0 Å². The molecule has 0 radical (unpaired) electrons. The second-order valence-corrected chi connectivity index (χ2v) is 32.9. The molecule has 0 aliphatic rings. The molecule has 732 valence electrons. The number of H-pyrrole nitrogens is 1. The molecule has 0 saturated carbocycles. The molecular formula is C85H134N24O23. The number of carbonyl (C=O) groups excluding carboxylic acids is 17. The summed E-state index contributed by atoms with van der Waals surface area (Å²) in [4.78, 5) is 273. The van der Waals surface area contributed by atoms with Gasteiger partial charge in [-0.3, -0.25) is 101 Å². The fraction of sp³-hybridized carbons (Fsp3) is 0.588. The van der Waals surface area contributed by atoms with Crippen LogP contribution in [0.25, 0.3) is 10.9 Å². The first kappa shape index (κ1) is 113. The van der Waals surface area contributed by atoms with Gasteiger partial charge in [-0.1, -0.05) is 96.5 Å². The number of carbonyl (C=O) groups is 20. The summed E-state index contributed by atoms with van der Waals surface area (Å²) in [7, 11) is 0. The summed E-state index contributed by atoms with van der Waals surface area (Å²) in [6.07, 6.45) is -0.223. The number of carboxylic acid groups (broad SMARTS) is 3. The van der Waals surface area contributed by atoms with Crippen LogP contribution in [0, 0.1) is 23.2 Å². The molecule has 3 aromatic rings. The number of benzene rings is 2. The number of fused-ring (bicyclic) bond motifs is 1. The van der Waals surface area contributed by atoms with E-state index in [1.54, 1.807) is 102 Å². The molecule has 0 spiro atoms.